The first-order chi connectivity index (χ1) is 7.31. The van der Waals surface area contributed by atoms with Gasteiger partial charge in [-0.1, -0.05) is 13.0 Å². The Labute approximate surface area is 104 Å². The first kappa shape index (κ1) is 15.1. The molecule has 0 amide bonds. The van der Waals surface area contributed by atoms with E-state index >= 15 is 0 Å². The van der Waals surface area contributed by atoms with Gasteiger partial charge in [0.05, 0.1) is 13.7 Å². The molecule has 0 aromatic heterocycles. The molecule has 0 aliphatic rings. The smallest absolute Gasteiger partial charge is 0.161 e. The van der Waals surface area contributed by atoms with Crippen molar-refractivity contribution in [3.05, 3.63) is 23.8 Å². The molecule has 0 saturated heterocycles. The second-order valence-corrected chi connectivity index (χ2v) is 3.36. The van der Waals surface area contributed by atoms with Gasteiger partial charge < -0.3 is 14.8 Å². The minimum absolute atomic E-state index is 0. The van der Waals surface area contributed by atoms with Crippen molar-refractivity contribution < 1.29 is 9.47 Å². The van der Waals surface area contributed by atoms with Gasteiger partial charge in [0.1, 0.15) is 0 Å². The quantitative estimate of drug-likeness (QED) is 0.836. The monoisotopic (exact) mass is 245 g/mol. The fourth-order valence-corrected chi connectivity index (χ4v) is 1.36. The summed E-state index contributed by atoms with van der Waals surface area (Å²) in [5.41, 5.74) is 1.19. The molecule has 0 unspecified atom stereocenters. The van der Waals surface area contributed by atoms with Crippen molar-refractivity contribution in [3.63, 3.8) is 0 Å². The van der Waals surface area contributed by atoms with Crippen LogP contribution in [0.1, 0.15) is 18.9 Å². The third kappa shape index (κ3) is 4.29. The lowest BCUT2D eigenvalue weighted by Gasteiger charge is -2.11. The molecule has 0 aliphatic heterocycles. The van der Waals surface area contributed by atoms with Crippen LogP contribution in [0.2, 0.25) is 0 Å². The van der Waals surface area contributed by atoms with Crippen molar-refractivity contribution in [1.29, 1.82) is 0 Å². The van der Waals surface area contributed by atoms with Crippen LogP contribution < -0.4 is 14.8 Å². The highest BCUT2D eigenvalue weighted by molar-refractivity contribution is 5.85. The van der Waals surface area contributed by atoms with E-state index in [1.807, 2.05) is 25.2 Å². The molecule has 1 N–H and O–H groups in total. The normalized spacial score (nSPS) is 9.44. The molecule has 0 spiro atoms. The lowest BCUT2D eigenvalue weighted by Crippen LogP contribution is -2.05. The van der Waals surface area contributed by atoms with Crippen LogP contribution in [-0.4, -0.2) is 20.8 Å². The largest absolute Gasteiger partial charge is 0.493 e. The van der Waals surface area contributed by atoms with Crippen LogP contribution in [-0.2, 0) is 6.54 Å². The van der Waals surface area contributed by atoms with Gasteiger partial charge in [0, 0.05) is 6.54 Å². The Hall–Kier alpha value is -0.930. The van der Waals surface area contributed by atoms with E-state index in [0.717, 1.165) is 31.1 Å². The standard InChI is InChI=1S/C12H19NO2.ClH/c1-4-7-15-11-6-5-10(9-13-2)8-12(11)14-3;/h5-6,8,13H,4,7,9H2,1-3H3;1H. The van der Waals surface area contributed by atoms with Gasteiger partial charge in [-0.2, -0.15) is 0 Å². The number of ether oxygens (including phenoxy) is 2. The summed E-state index contributed by atoms with van der Waals surface area (Å²) in [6.45, 7) is 3.65. The summed E-state index contributed by atoms with van der Waals surface area (Å²) in [5.74, 6) is 1.62. The van der Waals surface area contributed by atoms with Gasteiger partial charge in [-0.3, -0.25) is 0 Å². The molecule has 0 bridgehead atoms. The SMILES string of the molecule is CCCOc1ccc(CNC)cc1OC.Cl. The van der Waals surface area contributed by atoms with Gasteiger partial charge in [0.25, 0.3) is 0 Å². The summed E-state index contributed by atoms with van der Waals surface area (Å²) in [6, 6.07) is 6.01. The molecule has 1 aromatic carbocycles. The molecular formula is C12H20ClNO2. The first-order valence-corrected chi connectivity index (χ1v) is 5.26. The Morgan fingerprint density at radius 2 is 2.00 bits per heavy atom. The maximum atomic E-state index is 5.56. The maximum absolute atomic E-state index is 5.56. The van der Waals surface area contributed by atoms with Crippen LogP contribution in [0.15, 0.2) is 18.2 Å². The van der Waals surface area contributed by atoms with E-state index in [1.54, 1.807) is 7.11 Å². The molecular weight excluding hydrogens is 226 g/mol. The van der Waals surface area contributed by atoms with Crippen molar-refractivity contribution in [2.45, 2.75) is 19.9 Å². The zero-order valence-electron chi connectivity index (χ0n) is 10.1. The van der Waals surface area contributed by atoms with Gasteiger partial charge in [-0.15, -0.1) is 12.4 Å². The van der Waals surface area contributed by atoms with Gasteiger partial charge in [-0.25, -0.2) is 0 Å². The number of rotatable bonds is 6. The van der Waals surface area contributed by atoms with E-state index in [1.165, 1.54) is 5.56 Å². The van der Waals surface area contributed by atoms with E-state index in [0.29, 0.717) is 0 Å². The second kappa shape index (κ2) is 8.25. The summed E-state index contributed by atoms with van der Waals surface area (Å²) >= 11 is 0. The molecule has 3 nitrogen and oxygen atoms in total. The number of nitrogens with one attached hydrogen (secondary N) is 1. The van der Waals surface area contributed by atoms with Crippen molar-refractivity contribution in [1.82, 2.24) is 5.32 Å². The lowest BCUT2D eigenvalue weighted by atomic mass is 10.2. The molecule has 0 heterocycles. The highest BCUT2D eigenvalue weighted by Crippen LogP contribution is 2.28. The van der Waals surface area contributed by atoms with E-state index < -0.39 is 0 Å². The predicted molar refractivity (Wildman–Crippen MR) is 68.8 cm³/mol. The van der Waals surface area contributed by atoms with Crippen LogP contribution in [0, 0.1) is 0 Å². The highest BCUT2D eigenvalue weighted by atomic mass is 35.5. The van der Waals surface area contributed by atoms with Gasteiger partial charge >= 0.3 is 0 Å². The molecule has 0 aliphatic carbocycles. The van der Waals surface area contributed by atoms with E-state index in [-0.39, 0.29) is 12.4 Å². The predicted octanol–water partition coefficient (Wildman–Crippen LogP) is 2.63. The number of halogens is 1. The summed E-state index contributed by atoms with van der Waals surface area (Å²) in [4.78, 5) is 0. The number of benzene rings is 1. The van der Waals surface area contributed by atoms with Crippen LogP contribution in [0.25, 0.3) is 0 Å². The second-order valence-electron chi connectivity index (χ2n) is 3.36. The number of hydrogen-bond donors (Lipinski definition) is 1. The topological polar surface area (TPSA) is 30.5 Å². The number of hydrogen-bond acceptors (Lipinski definition) is 3. The molecule has 16 heavy (non-hydrogen) atoms. The Balaban J connectivity index is 0.00000225. The molecule has 92 valence electrons. The van der Waals surface area contributed by atoms with Crippen LogP contribution in [0.3, 0.4) is 0 Å². The minimum atomic E-state index is 0. The number of methoxy groups -OCH3 is 1. The molecule has 0 fully saturated rings. The molecule has 4 heteroatoms. The Kier molecular flexibility index (Phi) is 7.77. The van der Waals surface area contributed by atoms with Crippen molar-refractivity contribution in [2.24, 2.45) is 0 Å². The Morgan fingerprint density at radius 3 is 2.56 bits per heavy atom. The molecule has 0 saturated carbocycles. The average molecular weight is 246 g/mol. The van der Waals surface area contributed by atoms with Crippen LogP contribution >= 0.6 is 12.4 Å². The minimum Gasteiger partial charge on any atom is -0.493 e. The summed E-state index contributed by atoms with van der Waals surface area (Å²) in [6.07, 6.45) is 1.00. The van der Waals surface area contributed by atoms with Gasteiger partial charge in [-0.05, 0) is 31.2 Å². The first-order valence-electron chi connectivity index (χ1n) is 5.26. The third-order valence-corrected chi connectivity index (χ3v) is 2.07. The van der Waals surface area contributed by atoms with Crippen LogP contribution in [0.4, 0.5) is 0 Å². The zero-order valence-corrected chi connectivity index (χ0v) is 10.9. The zero-order chi connectivity index (χ0) is 11.1. The van der Waals surface area contributed by atoms with Crippen molar-refractivity contribution >= 4 is 12.4 Å². The van der Waals surface area contributed by atoms with Crippen molar-refractivity contribution in [2.75, 3.05) is 20.8 Å². The Bertz CT molecular complexity index is 305. The molecule has 0 radical (unpaired) electrons. The van der Waals surface area contributed by atoms with Gasteiger partial charge in [0.2, 0.25) is 0 Å². The summed E-state index contributed by atoms with van der Waals surface area (Å²) in [5, 5.41) is 3.10. The third-order valence-electron chi connectivity index (χ3n) is 2.07. The fraction of sp³-hybridized carbons (Fsp3) is 0.500. The van der Waals surface area contributed by atoms with E-state index in [9.17, 15) is 0 Å². The van der Waals surface area contributed by atoms with Crippen molar-refractivity contribution in [3.8, 4) is 11.5 Å². The summed E-state index contributed by atoms with van der Waals surface area (Å²) in [7, 11) is 3.59. The maximum Gasteiger partial charge on any atom is 0.161 e. The van der Waals surface area contributed by atoms with E-state index in [2.05, 4.69) is 12.2 Å². The molecule has 1 rings (SSSR count). The molecule has 0 atom stereocenters. The average Bonchev–Trinajstić information content (AvgIpc) is 2.27. The van der Waals surface area contributed by atoms with Gasteiger partial charge in [0.15, 0.2) is 11.5 Å². The highest BCUT2D eigenvalue weighted by Gasteiger charge is 2.04. The summed E-state index contributed by atoms with van der Waals surface area (Å²) < 4.78 is 10.8. The molecule has 1 aromatic rings. The lowest BCUT2D eigenvalue weighted by molar-refractivity contribution is 0.294. The van der Waals surface area contributed by atoms with Crippen LogP contribution in [0.5, 0.6) is 11.5 Å². The Morgan fingerprint density at radius 1 is 1.25 bits per heavy atom. The fourth-order valence-electron chi connectivity index (χ4n) is 1.36. The van der Waals surface area contributed by atoms with E-state index in [4.69, 9.17) is 9.47 Å².